The molecule has 164 valence electrons. The molecule has 0 spiro atoms. The number of carbonyl (C=O) groups is 2. The highest BCUT2D eigenvalue weighted by molar-refractivity contribution is 5.80. The summed E-state index contributed by atoms with van der Waals surface area (Å²) in [7, 11) is 5.90. The van der Waals surface area contributed by atoms with Crippen LogP contribution in [0.15, 0.2) is 24.3 Å². The number of aldehydes is 1. The second-order valence-electron chi connectivity index (χ2n) is 7.39. The quantitative estimate of drug-likeness (QED) is 0.513. The molecule has 0 N–H and O–H groups in total. The third kappa shape index (κ3) is 3.41. The highest BCUT2D eigenvalue weighted by Gasteiger charge is 2.44. The maximum absolute atomic E-state index is 12.9. The summed E-state index contributed by atoms with van der Waals surface area (Å²) in [5, 5.41) is 0. The number of ether oxygens (including phenoxy) is 6. The van der Waals surface area contributed by atoms with Gasteiger partial charge >= 0.3 is 5.97 Å². The predicted octanol–water partition coefficient (Wildman–Crippen LogP) is 2.73. The normalized spacial score (nSPS) is 21.1. The van der Waals surface area contributed by atoms with E-state index in [0.717, 1.165) is 23.0 Å². The molecule has 0 bridgehead atoms. The Bertz CT molecular complexity index is 990. The van der Waals surface area contributed by atoms with E-state index >= 15 is 0 Å². The van der Waals surface area contributed by atoms with Crippen molar-refractivity contribution in [2.24, 2.45) is 11.8 Å². The molecule has 8 nitrogen and oxygen atoms in total. The van der Waals surface area contributed by atoms with Crippen LogP contribution in [0.5, 0.6) is 28.7 Å². The molecule has 1 aliphatic carbocycles. The number of fused-ring (bicyclic) bond motifs is 2. The lowest BCUT2D eigenvalue weighted by Crippen LogP contribution is -2.37. The SMILES string of the molecule is COC(=O)[C@H]1[C@H](c2cc(OC)c(OC)c(OC)c2)c2cc3c(cc2C[C@H]1C=O)OCO3. The Morgan fingerprint density at radius 3 is 2.16 bits per heavy atom. The van der Waals surface area contributed by atoms with Gasteiger partial charge in [-0.15, -0.1) is 0 Å². The van der Waals surface area contributed by atoms with Gasteiger partial charge in [0.15, 0.2) is 23.0 Å². The third-order valence-electron chi connectivity index (χ3n) is 5.94. The van der Waals surface area contributed by atoms with Gasteiger partial charge in [-0.3, -0.25) is 4.79 Å². The highest BCUT2D eigenvalue weighted by Crippen LogP contribution is 2.50. The Kier molecular flexibility index (Phi) is 5.63. The molecule has 0 saturated carbocycles. The van der Waals surface area contributed by atoms with Crippen LogP contribution in [0.2, 0.25) is 0 Å². The predicted molar refractivity (Wildman–Crippen MR) is 109 cm³/mol. The molecule has 8 heteroatoms. The second-order valence-corrected chi connectivity index (χ2v) is 7.39. The largest absolute Gasteiger partial charge is 0.493 e. The van der Waals surface area contributed by atoms with Gasteiger partial charge in [-0.05, 0) is 47.4 Å². The smallest absolute Gasteiger partial charge is 0.310 e. The van der Waals surface area contributed by atoms with E-state index in [1.54, 1.807) is 12.1 Å². The first-order chi connectivity index (χ1) is 15.1. The first kappa shape index (κ1) is 20.8. The standard InChI is InChI=1S/C23H24O8/c1-26-18-7-13(8-19(27-2)22(18)28-3)20-15-9-17-16(30-11-31-17)6-12(15)5-14(10-24)21(20)23(25)29-4/h6-10,14,20-21H,5,11H2,1-4H3/t14-,20+,21+/m0/s1. The first-order valence-corrected chi connectivity index (χ1v) is 9.81. The minimum atomic E-state index is -0.724. The van der Waals surface area contributed by atoms with Crippen LogP contribution in [-0.4, -0.2) is 47.5 Å². The molecule has 31 heavy (non-hydrogen) atoms. The van der Waals surface area contributed by atoms with Crippen molar-refractivity contribution in [3.05, 3.63) is 41.0 Å². The highest BCUT2D eigenvalue weighted by atomic mass is 16.7. The number of carbonyl (C=O) groups excluding carboxylic acids is 2. The molecule has 0 unspecified atom stereocenters. The lowest BCUT2D eigenvalue weighted by Gasteiger charge is -2.36. The van der Waals surface area contributed by atoms with E-state index in [2.05, 4.69) is 0 Å². The van der Waals surface area contributed by atoms with Crippen molar-refractivity contribution in [3.8, 4) is 28.7 Å². The molecular formula is C23H24O8. The van der Waals surface area contributed by atoms with Crippen LogP contribution >= 0.6 is 0 Å². The maximum Gasteiger partial charge on any atom is 0.310 e. The molecular weight excluding hydrogens is 404 g/mol. The number of rotatable bonds is 6. The Morgan fingerprint density at radius 1 is 0.968 bits per heavy atom. The summed E-state index contributed by atoms with van der Waals surface area (Å²) in [6, 6.07) is 7.35. The van der Waals surface area contributed by atoms with E-state index < -0.39 is 23.7 Å². The van der Waals surface area contributed by atoms with Gasteiger partial charge in [0.2, 0.25) is 12.5 Å². The fourth-order valence-corrected chi connectivity index (χ4v) is 4.54. The summed E-state index contributed by atoms with van der Waals surface area (Å²) in [5.74, 6) is 0.341. The molecule has 1 heterocycles. The molecule has 4 rings (SSSR count). The maximum atomic E-state index is 12.9. The molecule has 3 atom stereocenters. The lowest BCUT2D eigenvalue weighted by molar-refractivity contribution is -0.149. The minimum absolute atomic E-state index is 0.130. The summed E-state index contributed by atoms with van der Waals surface area (Å²) in [4.78, 5) is 24.9. The molecule has 0 fully saturated rings. The van der Waals surface area contributed by atoms with Gasteiger partial charge in [0.05, 0.1) is 34.4 Å². The summed E-state index contributed by atoms with van der Waals surface area (Å²) in [6.45, 7) is 0.130. The topological polar surface area (TPSA) is 89.5 Å². The Morgan fingerprint density at radius 2 is 1.61 bits per heavy atom. The van der Waals surface area contributed by atoms with Gasteiger partial charge in [0.1, 0.15) is 6.29 Å². The van der Waals surface area contributed by atoms with Crippen molar-refractivity contribution in [3.63, 3.8) is 0 Å². The molecule has 2 aliphatic rings. The van der Waals surface area contributed by atoms with Gasteiger partial charge < -0.3 is 33.2 Å². The van der Waals surface area contributed by atoms with Crippen LogP contribution < -0.4 is 23.7 Å². The second kappa shape index (κ2) is 8.37. The Balaban J connectivity index is 1.96. The van der Waals surface area contributed by atoms with E-state index in [4.69, 9.17) is 28.4 Å². The van der Waals surface area contributed by atoms with E-state index in [1.807, 2.05) is 12.1 Å². The third-order valence-corrected chi connectivity index (χ3v) is 5.94. The number of methoxy groups -OCH3 is 4. The van der Waals surface area contributed by atoms with Crippen LogP contribution in [0, 0.1) is 11.8 Å². The van der Waals surface area contributed by atoms with E-state index in [-0.39, 0.29) is 6.79 Å². The van der Waals surface area contributed by atoms with Gasteiger partial charge in [0, 0.05) is 11.8 Å². The Labute approximate surface area is 179 Å². The van der Waals surface area contributed by atoms with Gasteiger partial charge in [-0.2, -0.15) is 0 Å². The number of hydrogen-bond donors (Lipinski definition) is 0. The number of benzene rings is 2. The monoisotopic (exact) mass is 428 g/mol. The van der Waals surface area contributed by atoms with Crippen molar-refractivity contribution in [2.75, 3.05) is 35.2 Å². The minimum Gasteiger partial charge on any atom is -0.493 e. The molecule has 2 aromatic carbocycles. The van der Waals surface area contributed by atoms with Crippen molar-refractivity contribution in [2.45, 2.75) is 12.3 Å². The number of hydrogen-bond acceptors (Lipinski definition) is 8. The van der Waals surface area contributed by atoms with Crippen LogP contribution in [0.4, 0.5) is 0 Å². The zero-order chi connectivity index (χ0) is 22.1. The average molecular weight is 428 g/mol. The Hall–Kier alpha value is -3.42. The summed E-state index contributed by atoms with van der Waals surface area (Å²) in [5.41, 5.74) is 2.52. The zero-order valence-electron chi connectivity index (χ0n) is 17.8. The van der Waals surface area contributed by atoms with Crippen molar-refractivity contribution in [1.82, 2.24) is 0 Å². The fourth-order valence-electron chi connectivity index (χ4n) is 4.54. The van der Waals surface area contributed by atoms with Crippen LogP contribution in [0.25, 0.3) is 0 Å². The molecule has 0 amide bonds. The van der Waals surface area contributed by atoms with Crippen LogP contribution in [-0.2, 0) is 20.7 Å². The molecule has 2 aromatic rings. The van der Waals surface area contributed by atoms with Gasteiger partial charge in [-0.1, -0.05) is 0 Å². The van der Waals surface area contributed by atoms with Crippen LogP contribution in [0.3, 0.4) is 0 Å². The van der Waals surface area contributed by atoms with E-state index in [0.29, 0.717) is 35.2 Å². The summed E-state index contributed by atoms with van der Waals surface area (Å²) in [6.07, 6.45) is 1.22. The summed E-state index contributed by atoms with van der Waals surface area (Å²) < 4.78 is 32.6. The van der Waals surface area contributed by atoms with Crippen LogP contribution in [0.1, 0.15) is 22.6 Å². The first-order valence-electron chi connectivity index (χ1n) is 9.81. The summed E-state index contributed by atoms with van der Waals surface area (Å²) >= 11 is 0. The molecule has 0 radical (unpaired) electrons. The van der Waals surface area contributed by atoms with Gasteiger partial charge in [0.25, 0.3) is 0 Å². The zero-order valence-corrected chi connectivity index (χ0v) is 17.8. The fraction of sp³-hybridized carbons (Fsp3) is 0.391. The molecule has 0 saturated heterocycles. The lowest BCUT2D eigenvalue weighted by atomic mass is 9.66. The van der Waals surface area contributed by atoms with E-state index in [9.17, 15) is 9.59 Å². The van der Waals surface area contributed by atoms with Gasteiger partial charge in [-0.25, -0.2) is 0 Å². The number of esters is 1. The average Bonchev–Trinajstić information content (AvgIpc) is 3.27. The van der Waals surface area contributed by atoms with Crippen molar-refractivity contribution < 1.29 is 38.0 Å². The molecule has 1 aliphatic heterocycles. The van der Waals surface area contributed by atoms with Crippen molar-refractivity contribution in [1.29, 1.82) is 0 Å². The van der Waals surface area contributed by atoms with E-state index in [1.165, 1.54) is 28.4 Å². The van der Waals surface area contributed by atoms with Crippen molar-refractivity contribution >= 4 is 12.3 Å². The molecule has 0 aromatic heterocycles.